The maximum Gasteiger partial charge on any atom is 0.211 e. The SMILES string of the molecule is O=CNc1cc(Br)c(F)c2cc[nH]c12. The molecule has 0 aliphatic rings. The highest BCUT2D eigenvalue weighted by Gasteiger charge is 2.10. The van der Waals surface area contributed by atoms with Gasteiger partial charge in [-0.05, 0) is 28.1 Å². The number of hydrogen-bond acceptors (Lipinski definition) is 1. The van der Waals surface area contributed by atoms with Gasteiger partial charge in [0.1, 0.15) is 5.82 Å². The van der Waals surface area contributed by atoms with Crippen LogP contribution in [-0.4, -0.2) is 11.4 Å². The topological polar surface area (TPSA) is 44.9 Å². The number of aromatic amines is 1. The smallest absolute Gasteiger partial charge is 0.211 e. The van der Waals surface area contributed by atoms with E-state index in [9.17, 15) is 9.18 Å². The van der Waals surface area contributed by atoms with Crippen LogP contribution in [0.5, 0.6) is 0 Å². The van der Waals surface area contributed by atoms with E-state index in [2.05, 4.69) is 26.2 Å². The zero-order valence-corrected chi connectivity index (χ0v) is 8.56. The maximum absolute atomic E-state index is 13.5. The predicted molar refractivity (Wildman–Crippen MR) is 55.6 cm³/mol. The average Bonchev–Trinajstić information content (AvgIpc) is 2.63. The Morgan fingerprint density at radius 3 is 3.07 bits per heavy atom. The molecular formula is C9H6BrFN2O. The second kappa shape index (κ2) is 3.42. The number of hydrogen-bond donors (Lipinski definition) is 2. The Kier molecular flexibility index (Phi) is 2.25. The fraction of sp³-hybridized carbons (Fsp3) is 0. The summed E-state index contributed by atoms with van der Waals surface area (Å²) >= 11 is 3.08. The molecule has 3 nitrogen and oxygen atoms in total. The third-order valence-electron chi connectivity index (χ3n) is 1.95. The zero-order valence-electron chi connectivity index (χ0n) is 6.97. The highest BCUT2D eigenvalue weighted by Crippen LogP contribution is 2.30. The Hall–Kier alpha value is -1.36. The average molecular weight is 257 g/mol. The van der Waals surface area contributed by atoms with E-state index in [1.165, 1.54) is 6.07 Å². The molecule has 0 bridgehead atoms. The number of anilines is 1. The summed E-state index contributed by atoms with van der Waals surface area (Å²) in [4.78, 5) is 13.2. The normalized spacial score (nSPS) is 10.4. The Labute approximate surface area is 87.4 Å². The van der Waals surface area contributed by atoms with Crippen LogP contribution in [0.15, 0.2) is 22.8 Å². The van der Waals surface area contributed by atoms with Crippen LogP contribution >= 0.6 is 15.9 Å². The highest BCUT2D eigenvalue weighted by atomic mass is 79.9. The number of aromatic nitrogens is 1. The van der Waals surface area contributed by atoms with Crippen molar-refractivity contribution < 1.29 is 9.18 Å². The van der Waals surface area contributed by atoms with E-state index >= 15 is 0 Å². The van der Waals surface area contributed by atoms with Crippen LogP contribution < -0.4 is 5.32 Å². The van der Waals surface area contributed by atoms with Crippen LogP contribution in [0.2, 0.25) is 0 Å². The van der Waals surface area contributed by atoms with Crippen molar-refractivity contribution in [2.45, 2.75) is 0 Å². The second-order valence-corrected chi connectivity index (χ2v) is 3.60. The Morgan fingerprint density at radius 2 is 2.36 bits per heavy atom. The van der Waals surface area contributed by atoms with Gasteiger partial charge in [0.2, 0.25) is 6.41 Å². The number of rotatable bonds is 2. The summed E-state index contributed by atoms with van der Waals surface area (Å²) in [5, 5.41) is 2.94. The second-order valence-electron chi connectivity index (χ2n) is 2.75. The number of amides is 1. The maximum atomic E-state index is 13.5. The molecule has 5 heteroatoms. The first-order valence-corrected chi connectivity index (χ1v) is 4.68. The van der Waals surface area contributed by atoms with Crippen LogP contribution in [0.25, 0.3) is 10.9 Å². The van der Waals surface area contributed by atoms with Crippen molar-refractivity contribution in [2.24, 2.45) is 0 Å². The van der Waals surface area contributed by atoms with E-state index in [1.807, 2.05) is 0 Å². The van der Waals surface area contributed by atoms with Crippen LogP contribution in [0.4, 0.5) is 10.1 Å². The summed E-state index contributed by atoms with van der Waals surface area (Å²) in [5.74, 6) is -0.335. The molecule has 0 fully saturated rings. The predicted octanol–water partition coefficient (Wildman–Crippen LogP) is 2.64. The molecule has 0 aliphatic carbocycles. The minimum atomic E-state index is -0.335. The van der Waals surface area contributed by atoms with Gasteiger partial charge in [0.05, 0.1) is 15.7 Å². The van der Waals surface area contributed by atoms with Gasteiger partial charge in [-0.2, -0.15) is 0 Å². The van der Waals surface area contributed by atoms with Crippen molar-refractivity contribution in [1.82, 2.24) is 4.98 Å². The van der Waals surface area contributed by atoms with Crippen LogP contribution in [0.1, 0.15) is 0 Å². The highest BCUT2D eigenvalue weighted by molar-refractivity contribution is 9.10. The lowest BCUT2D eigenvalue weighted by Crippen LogP contribution is -1.95. The first-order chi connectivity index (χ1) is 6.74. The molecule has 0 saturated heterocycles. The number of carbonyl (C=O) groups excluding carboxylic acids is 1. The van der Waals surface area contributed by atoms with Crippen molar-refractivity contribution in [3.63, 3.8) is 0 Å². The lowest BCUT2D eigenvalue weighted by atomic mass is 10.2. The van der Waals surface area contributed by atoms with Crippen molar-refractivity contribution in [3.8, 4) is 0 Å². The molecule has 0 aliphatic heterocycles. The third-order valence-corrected chi connectivity index (χ3v) is 2.53. The summed E-state index contributed by atoms with van der Waals surface area (Å²) in [5.41, 5.74) is 1.13. The van der Waals surface area contributed by atoms with Gasteiger partial charge < -0.3 is 10.3 Å². The van der Waals surface area contributed by atoms with Crippen molar-refractivity contribution in [3.05, 3.63) is 28.6 Å². The largest absolute Gasteiger partial charge is 0.359 e. The van der Waals surface area contributed by atoms with Gasteiger partial charge in [-0.3, -0.25) is 4.79 Å². The number of H-pyrrole nitrogens is 1. The number of carbonyl (C=O) groups is 1. The fourth-order valence-electron chi connectivity index (χ4n) is 1.34. The van der Waals surface area contributed by atoms with Gasteiger partial charge in [0.15, 0.2) is 0 Å². The summed E-state index contributed by atoms with van der Waals surface area (Å²) in [6, 6.07) is 3.13. The number of halogens is 2. The molecule has 0 atom stereocenters. The molecule has 0 unspecified atom stereocenters. The van der Waals surface area contributed by atoms with Crippen molar-refractivity contribution in [2.75, 3.05) is 5.32 Å². The molecular weight excluding hydrogens is 251 g/mol. The standard InChI is InChI=1S/C9H6BrFN2O/c10-6-3-7(13-4-14)9-5(8(6)11)1-2-12-9/h1-4,12H,(H,13,14). The van der Waals surface area contributed by atoms with E-state index in [0.717, 1.165) is 0 Å². The number of benzene rings is 1. The molecule has 2 aromatic rings. The third kappa shape index (κ3) is 1.29. The minimum Gasteiger partial charge on any atom is -0.359 e. The Balaban J connectivity index is 2.77. The lowest BCUT2D eigenvalue weighted by molar-refractivity contribution is -0.105. The quantitative estimate of drug-likeness (QED) is 0.798. The van der Waals surface area contributed by atoms with E-state index in [-0.39, 0.29) is 5.82 Å². The van der Waals surface area contributed by atoms with Gasteiger partial charge >= 0.3 is 0 Å². The van der Waals surface area contributed by atoms with Crippen LogP contribution in [0.3, 0.4) is 0 Å². The number of nitrogens with one attached hydrogen (secondary N) is 2. The monoisotopic (exact) mass is 256 g/mol. The van der Waals surface area contributed by atoms with E-state index < -0.39 is 0 Å². The van der Waals surface area contributed by atoms with Gasteiger partial charge in [-0.1, -0.05) is 0 Å². The Morgan fingerprint density at radius 1 is 1.57 bits per heavy atom. The van der Waals surface area contributed by atoms with Crippen LogP contribution in [-0.2, 0) is 4.79 Å². The summed E-state index contributed by atoms with van der Waals surface area (Å²) in [6.07, 6.45) is 2.18. The molecule has 72 valence electrons. The van der Waals surface area contributed by atoms with E-state index in [0.29, 0.717) is 27.5 Å². The molecule has 14 heavy (non-hydrogen) atoms. The van der Waals surface area contributed by atoms with Crippen LogP contribution in [0, 0.1) is 5.82 Å². The van der Waals surface area contributed by atoms with E-state index in [4.69, 9.17) is 0 Å². The first-order valence-electron chi connectivity index (χ1n) is 3.89. The Bertz CT molecular complexity index is 495. The zero-order chi connectivity index (χ0) is 10.1. The number of fused-ring (bicyclic) bond motifs is 1. The molecule has 1 aromatic carbocycles. The van der Waals surface area contributed by atoms with Gasteiger partial charge in [-0.15, -0.1) is 0 Å². The van der Waals surface area contributed by atoms with Crippen molar-refractivity contribution >= 4 is 38.9 Å². The molecule has 1 aromatic heterocycles. The molecule has 0 saturated carbocycles. The minimum absolute atomic E-state index is 0.328. The molecule has 2 rings (SSSR count). The summed E-state index contributed by atoms with van der Waals surface area (Å²) in [6.45, 7) is 0. The lowest BCUT2D eigenvalue weighted by Gasteiger charge is -2.03. The first kappa shape index (κ1) is 9.21. The summed E-state index contributed by atoms with van der Waals surface area (Å²) < 4.78 is 13.8. The van der Waals surface area contributed by atoms with E-state index in [1.54, 1.807) is 12.3 Å². The molecule has 0 spiro atoms. The summed E-state index contributed by atoms with van der Waals surface area (Å²) in [7, 11) is 0. The molecule has 1 heterocycles. The van der Waals surface area contributed by atoms with Gasteiger partial charge in [0, 0.05) is 11.6 Å². The van der Waals surface area contributed by atoms with Crippen molar-refractivity contribution in [1.29, 1.82) is 0 Å². The van der Waals surface area contributed by atoms with Gasteiger partial charge in [-0.25, -0.2) is 4.39 Å². The molecule has 2 N–H and O–H groups in total. The molecule has 1 amide bonds. The fourth-order valence-corrected chi connectivity index (χ4v) is 1.79. The molecule has 0 radical (unpaired) electrons. The van der Waals surface area contributed by atoms with Gasteiger partial charge in [0.25, 0.3) is 0 Å².